The number of carbonyl (C=O) groups is 1. The third kappa shape index (κ3) is 6.18. The van der Waals surface area contributed by atoms with E-state index in [9.17, 15) is 4.79 Å². The Bertz CT molecular complexity index is 381. The van der Waals surface area contributed by atoms with Gasteiger partial charge in [-0.25, -0.2) is 4.79 Å². The Kier molecular flexibility index (Phi) is 6.76. The molecule has 1 aromatic carbocycles. The molecule has 0 amide bonds. The Labute approximate surface area is 107 Å². The molecule has 0 spiro atoms. The van der Waals surface area contributed by atoms with E-state index in [4.69, 9.17) is 14.6 Å². The zero-order valence-corrected chi connectivity index (χ0v) is 10.5. The van der Waals surface area contributed by atoms with Crippen LogP contribution in [0.15, 0.2) is 30.3 Å². The standard InChI is InChI=1S/C14H18O4/c1-2-17-9-10-18-11-13-5-3-12(4-6-13)7-8-14(15)16/h3-8H,2,9-11H2,1H3,(H,15,16)/b8-7+. The molecule has 0 fully saturated rings. The van der Waals surface area contributed by atoms with Crippen LogP contribution in [-0.2, 0) is 20.9 Å². The first-order chi connectivity index (χ1) is 8.72. The molecule has 0 aromatic heterocycles. The van der Waals surface area contributed by atoms with E-state index < -0.39 is 5.97 Å². The molecular formula is C14H18O4. The van der Waals surface area contributed by atoms with Crippen molar-refractivity contribution in [2.75, 3.05) is 19.8 Å². The van der Waals surface area contributed by atoms with E-state index >= 15 is 0 Å². The maximum Gasteiger partial charge on any atom is 0.328 e. The van der Waals surface area contributed by atoms with Crippen LogP contribution in [0.25, 0.3) is 6.08 Å². The minimum Gasteiger partial charge on any atom is -0.478 e. The van der Waals surface area contributed by atoms with Crippen molar-refractivity contribution >= 4 is 12.0 Å². The second kappa shape index (κ2) is 8.44. The van der Waals surface area contributed by atoms with Crippen molar-refractivity contribution in [3.8, 4) is 0 Å². The average Bonchev–Trinajstić information content (AvgIpc) is 2.37. The van der Waals surface area contributed by atoms with E-state index in [0.29, 0.717) is 26.4 Å². The molecule has 18 heavy (non-hydrogen) atoms. The van der Waals surface area contributed by atoms with Gasteiger partial charge < -0.3 is 14.6 Å². The highest BCUT2D eigenvalue weighted by molar-refractivity contribution is 5.85. The van der Waals surface area contributed by atoms with Gasteiger partial charge in [0.15, 0.2) is 0 Å². The zero-order valence-electron chi connectivity index (χ0n) is 10.5. The molecule has 4 nitrogen and oxygen atoms in total. The van der Waals surface area contributed by atoms with Gasteiger partial charge in [-0.3, -0.25) is 0 Å². The van der Waals surface area contributed by atoms with Crippen molar-refractivity contribution in [1.82, 2.24) is 0 Å². The Morgan fingerprint density at radius 3 is 2.50 bits per heavy atom. The summed E-state index contributed by atoms with van der Waals surface area (Å²) in [6.07, 6.45) is 2.68. The Hall–Kier alpha value is -1.65. The van der Waals surface area contributed by atoms with Gasteiger partial charge in [-0.15, -0.1) is 0 Å². The fourth-order valence-electron chi connectivity index (χ4n) is 1.34. The minimum atomic E-state index is -0.946. The summed E-state index contributed by atoms with van der Waals surface area (Å²) < 4.78 is 10.6. The fraction of sp³-hybridized carbons (Fsp3) is 0.357. The van der Waals surface area contributed by atoms with Gasteiger partial charge in [0.25, 0.3) is 0 Å². The number of aliphatic carboxylic acids is 1. The van der Waals surface area contributed by atoms with E-state index in [2.05, 4.69) is 0 Å². The molecule has 98 valence electrons. The summed E-state index contributed by atoms with van der Waals surface area (Å²) in [4.78, 5) is 10.3. The summed E-state index contributed by atoms with van der Waals surface area (Å²) in [5, 5.41) is 8.50. The van der Waals surface area contributed by atoms with Crippen LogP contribution in [-0.4, -0.2) is 30.9 Å². The lowest BCUT2D eigenvalue weighted by molar-refractivity contribution is -0.131. The van der Waals surface area contributed by atoms with Crippen LogP contribution in [0, 0.1) is 0 Å². The fourth-order valence-corrected chi connectivity index (χ4v) is 1.34. The van der Waals surface area contributed by atoms with Crippen LogP contribution >= 0.6 is 0 Å². The molecule has 0 heterocycles. The molecule has 0 aliphatic carbocycles. The van der Waals surface area contributed by atoms with Gasteiger partial charge in [-0.2, -0.15) is 0 Å². The molecule has 1 rings (SSSR count). The molecule has 0 unspecified atom stereocenters. The molecule has 0 saturated carbocycles. The molecule has 1 aromatic rings. The third-order valence-corrected chi connectivity index (χ3v) is 2.24. The lowest BCUT2D eigenvalue weighted by Crippen LogP contribution is -2.03. The first kappa shape index (κ1) is 14.4. The van der Waals surface area contributed by atoms with E-state index in [0.717, 1.165) is 17.2 Å². The molecule has 4 heteroatoms. The molecule has 0 bridgehead atoms. The Balaban J connectivity index is 2.34. The molecule has 0 saturated heterocycles. The predicted molar refractivity (Wildman–Crippen MR) is 69.3 cm³/mol. The van der Waals surface area contributed by atoms with Gasteiger partial charge in [0.2, 0.25) is 0 Å². The monoisotopic (exact) mass is 250 g/mol. The van der Waals surface area contributed by atoms with Crippen molar-refractivity contribution in [3.63, 3.8) is 0 Å². The van der Waals surface area contributed by atoms with Gasteiger partial charge in [0.05, 0.1) is 19.8 Å². The highest BCUT2D eigenvalue weighted by Gasteiger charge is 1.94. The predicted octanol–water partition coefficient (Wildman–Crippen LogP) is 2.34. The van der Waals surface area contributed by atoms with Gasteiger partial charge in [-0.1, -0.05) is 24.3 Å². The van der Waals surface area contributed by atoms with Crippen molar-refractivity contribution in [1.29, 1.82) is 0 Å². The second-order valence-corrected chi connectivity index (χ2v) is 3.66. The summed E-state index contributed by atoms with van der Waals surface area (Å²) in [5.74, 6) is -0.946. The largest absolute Gasteiger partial charge is 0.478 e. The average molecular weight is 250 g/mol. The smallest absolute Gasteiger partial charge is 0.328 e. The van der Waals surface area contributed by atoms with Crippen LogP contribution in [0.3, 0.4) is 0 Å². The highest BCUT2D eigenvalue weighted by Crippen LogP contribution is 2.07. The molecule has 0 aliphatic heterocycles. The van der Waals surface area contributed by atoms with Crippen LogP contribution in [0.5, 0.6) is 0 Å². The van der Waals surface area contributed by atoms with E-state index in [-0.39, 0.29) is 0 Å². The van der Waals surface area contributed by atoms with Gasteiger partial charge >= 0.3 is 5.97 Å². The summed E-state index contributed by atoms with van der Waals surface area (Å²) in [7, 11) is 0. The van der Waals surface area contributed by atoms with Crippen molar-refractivity contribution in [3.05, 3.63) is 41.5 Å². The first-order valence-corrected chi connectivity index (χ1v) is 5.88. The lowest BCUT2D eigenvalue weighted by Gasteiger charge is -2.04. The van der Waals surface area contributed by atoms with Crippen molar-refractivity contribution in [2.24, 2.45) is 0 Å². The van der Waals surface area contributed by atoms with Crippen molar-refractivity contribution in [2.45, 2.75) is 13.5 Å². The number of carboxylic acids is 1. The molecule has 0 atom stereocenters. The number of hydrogen-bond acceptors (Lipinski definition) is 3. The lowest BCUT2D eigenvalue weighted by atomic mass is 10.1. The van der Waals surface area contributed by atoms with Gasteiger partial charge in [0.1, 0.15) is 0 Å². The van der Waals surface area contributed by atoms with Gasteiger partial charge in [0, 0.05) is 12.7 Å². The van der Waals surface area contributed by atoms with Crippen LogP contribution in [0.2, 0.25) is 0 Å². The number of carboxylic acid groups (broad SMARTS) is 1. The topological polar surface area (TPSA) is 55.8 Å². The molecular weight excluding hydrogens is 232 g/mol. The van der Waals surface area contributed by atoms with E-state index in [1.54, 1.807) is 6.08 Å². The van der Waals surface area contributed by atoms with Crippen LogP contribution < -0.4 is 0 Å². The molecule has 0 aliphatic rings. The Morgan fingerprint density at radius 2 is 1.89 bits per heavy atom. The van der Waals surface area contributed by atoms with E-state index in [1.807, 2.05) is 31.2 Å². The quantitative estimate of drug-likeness (QED) is 0.568. The number of rotatable bonds is 8. The summed E-state index contributed by atoms with van der Waals surface area (Å²) in [6.45, 7) is 4.37. The molecule has 0 radical (unpaired) electrons. The van der Waals surface area contributed by atoms with Crippen molar-refractivity contribution < 1.29 is 19.4 Å². The first-order valence-electron chi connectivity index (χ1n) is 5.88. The van der Waals surface area contributed by atoms with Crippen LogP contribution in [0.4, 0.5) is 0 Å². The number of ether oxygens (including phenoxy) is 2. The normalized spacial score (nSPS) is 10.9. The minimum absolute atomic E-state index is 0.538. The maximum absolute atomic E-state index is 10.3. The van der Waals surface area contributed by atoms with Crippen LogP contribution in [0.1, 0.15) is 18.1 Å². The Morgan fingerprint density at radius 1 is 1.22 bits per heavy atom. The van der Waals surface area contributed by atoms with Gasteiger partial charge in [-0.05, 0) is 24.1 Å². The third-order valence-electron chi connectivity index (χ3n) is 2.24. The number of benzene rings is 1. The second-order valence-electron chi connectivity index (χ2n) is 3.66. The number of hydrogen-bond donors (Lipinski definition) is 1. The SMILES string of the molecule is CCOCCOCc1ccc(/C=C/C(=O)O)cc1. The summed E-state index contributed by atoms with van der Waals surface area (Å²) >= 11 is 0. The summed E-state index contributed by atoms with van der Waals surface area (Å²) in [5.41, 5.74) is 1.91. The summed E-state index contributed by atoms with van der Waals surface area (Å²) in [6, 6.07) is 7.56. The zero-order chi connectivity index (χ0) is 13.2. The highest BCUT2D eigenvalue weighted by atomic mass is 16.5. The van der Waals surface area contributed by atoms with E-state index in [1.165, 1.54) is 0 Å². The maximum atomic E-state index is 10.3. The molecule has 1 N–H and O–H groups in total.